The first-order valence-corrected chi connectivity index (χ1v) is 6.18. The lowest BCUT2D eigenvalue weighted by Crippen LogP contribution is -2.08. The molecule has 2 heterocycles. The Hall–Kier alpha value is -1.68. The number of carbonyl (C=O) groups excluding carboxylic acids is 2. The number of furan rings is 1. The van der Waals surface area contributed by atoms with Crippen molar-refractivity contribution in [1.29, 1.82) is 0 Å². The summed E-state index contributed by atoms with van der Waals surface area (Å²) in [5, 5.41) is 3.58. The zero-order valence-electron chi connectivity index (χ0n) is 9.65. The molecule has 3 nitrogen and oxygen atoms in total. The smallest absolute Gasteiger partial charge is 0.174 e. The third-order valence-electron chi connectivity index (χ3n) is 2.51. The predicted molar refractivity (Wildman–Crippen MR) is 65.8 cm³/mol. The first kappa shape index (κ1) is 11.8. The molecule has 0 atom stereocenters. The van der Waals surface area contributed by atoms with Gasteiger partial charge in [0.25, 0.3) is 0 Å². The van der Waals surface area contributed by atoms with Crippen LogP contribution in [-0.4, -0.2) is 11.6 Å². The maximum atomic E-state index is 11.9. The van der Waals surface area contributed by atoms with E-state index in [0.29, 0.717) is 22.6 Å². The van der Waals surface area contributed by atoms with Crippen molar-refractivity contribution in [3.05, 3.63) is 45.5 Å². The van der Waals surface area contributed by atoms with E-state index in [0.717, 1.165) is 0 Å². The van der Waals surface area contributed by atoms with Gasteiger partial charge in [0.2, 0.25) is 0 Å². The Morgan fingerprint density at radius 1 is 1.29 bits per heavy atom. The molecule has 17 heavy (non-hydrogen) atoms. The summed E-state index contributed by atoms with van der Waals surface area (Å²) in [5.74, 6) is 0.935. The van der Waals surface area contributed by atoms with E-state index in [1.54, 1.807) is 31.4 Å². The highest BCUT2D eigenvalue weighted by atomic mass is 32.1. The molecule has 4 heteroatoms. The lowest BCUT2D eigenvalue weighted by molar-refractivity contribution is 0.0894. The monoisotopic (exact) mass is 248 g/mol. The van der Waals surface area contributed by atoms with Crippen LogP contribution in [0.4, 0.5) is 0 Å². The van der Waals surface area contributed by atoms with Crippen LogP contribution in [-0.2, 0) is 0 Å². The Labute approximate surface area is 103 Å². The molecule has 0 saturated carbocycles. The maximum absolute atomic E-state index is 11.9. The van der Waals surface area contributed by atoms with Crippen molar-refractivity contribution in [3.8, 4) is 0 Å². The Morgan fingerprint density at radius 3 is 2.59 bits per heavy atom. The highest BCUT2D eigenvalue weighted by Crippen LogP contribution is 2.17. The van der Waals surface area contributed by atoms with Crippen molar-refractivity contribution in [2.45, 2.75) is 20.3 Å². The maximum Gasteiger partial charge on any atom is 0.174 e. The molecule has 0 aliphatic heterocycles. The van der Waals surface area contributed by atoms with Gasteiger partial charge in [0.05, 0.1) is 12.0 Å². The van der Waals surface area contributed by atoms with Crippen LogP contribution >= 0.6 is 11.3 Å². The number of hydrogen-bond donors (Lipinski definition) is 0. The summed E-state index contributed by atoms with van der Waals surface area (Å²) in [6.07, 6.45) is -0.101. The Morgan fingerprint density at radius 2 is 2.06 bits per heavy atom. The van der Waals surface area contributed by atoms with Gasteiger partial charge in [0.1, 0.15) is 11.5 Å². The summed E-state index contributed by atoms with van der Waals surface area (Å²) < 4.78 is 5.28. The minimum absolute atomic E-state index is 0.101. The zero-order valence-corrected chi connectivity index (χ0v) is 10.5. The van der Waals surface area contributed by atoms with Crippen molar-refractivity contribution in [1.82, 2.24) is 0 Å². The Kier molecular flexibility index (Phi) is 3.24. The van der Waals surface area contributed by atoms with E-state index in [1.165, 1.54) is 11.3 Å². The molecule has 0 saturated heterocycles. The van der Waals surface area contributed by atoms with Gasteiger partial charge in [-0.15, -0.1) is 0 Å². The fourth-order valence-electron chi connectivity index (χ4n) is 1.67. The summed E-state index contributed by atoms with van der Waals surface area (Å²) in [5.41, 5.74) is 1.10. The molecule has 0 aliphatic carbocycles. The van der Waals surface area contributed by atoms with E-state index in [2.05, 4.69) is 0 Å². The van der Waals surface area contributed by atoms with Crippen LogP contribution in [0.1, 0.15) is 38.7 Å². The molecule has 0 unspecified atom stereocenters. The standard InChI is InChI=1S/C13H12O3S/c1-8-5-11(9(2)16-8)13(15)6-12(14)10-3-4-17-7-10/h3-5,7H,6H2,1-2H3. The number of rotatable bonds is 4. The average Bonchev–Trinajstić information content (AvgIpc) is 2.87. The highest BCUT2D eigenvalue weighted by molar-refractivity contribution is 7.08. The lowest BCUT2D eigenvalue weighted by atomic mass is 10.0. The third-order valence-corrected chi connectivity index (χ3v) is 3.19. The normalized spacial score (nSPS) is 10.5. The predicted octanol–water partition coefficient (Wildman–Crippen LogP) is 3.41. The molecule has 0 bridgehead atoms. The van der Waals surface area contributed by atoms with E-state index in [4.69, 9.17) is 4.42 Å². The number of aryl methyl sites for hydroxylation is 2. The van der Waals surface area contributed by atoms with Crippen LogP contribution in [0.5, 0.6) is 0 Å². The fraction of sp³-hybridized carbons (Fsp3) is 0.231. The van der Waals surface area contributed by atoms with E-state index in [-0.39, 0.29) is 18.0 Å². The van der Waals surface area contributed by atoms with E-state index >= 15 is 0 Å². The molecule has 0 spiro atoms. The molecule has 2 aromatic rings. The first-order chi connectivity index (χ1) is 8.08. The molecular formula is C13H12O3S. The minimum Gasteiger partial charge on any atom is -0.466 e. The number of thiophene rings is 1. The second kappa shape index (κ2) is 4.67. The number of carbonyl (C=O) groups is 2. The van der Waals surface area contributed by atoms with Crippen molar-refractivity contribution in [3.63, 3.8) is 0 Å². The molecule has 2 aromatic heterocycles. The van der Waals surface area contributed by atoms with Gasteiger partial charge in [-0.05, 0) is 31.4 Å². The molecule has 2 rings (SSSR count). The van der Waals surface area contributed by atoms with Gasteiger partial charge in [0.15, 0.2) is 11.6 Å². The molecule has 0 aliphatic rings. The topological polar surface area (TPSA) is 47.3 Å². The van der Waals surface area contributed by atoms with Crippen LogP contribution in [0.15, 0.2) is 27.3 Å². The van der Waals surface area contributed by atoms with Gasteiger partial charge < -0.3 is 4.42 Å². The summed E-state index contributed by atoms with van der Waals surface area (Å²) in [6, 6.07) is 3.41. The molecule has 88 valence electrons. The van der Waals surface area contributed by atoms with Crippen LogP contribution in [0.3, 0.4) is 0 Å². The molecule has 0 radical (unpaired) electrons. The average molecular weight is 248 g/mol. The van der Waals surface area contributed by atoms with Crippen molar-refractivity contribution >= 4 is 22.9 Å². The van der Waals surface area contributed by atoms with Gasteiger partial charge in [0, 0.05) is 10.9 Å². The molecule has 0 aromatic carbocycles. The van der Waals surface area contributed by atoms with Crippen molar-refractivity contribution in [2.75, 3.05) is 0 Å². The van der Waals surface area contributed by atoms with Gasteiger partial charge in [-0.25, -0.2) is 0 Å². The molecule has 0 fully saturated rings. The van der Waals surface area contributed by atoms with E-state index < -0.39 is 0 Å². The van der Waals surface area contributed by atoms with E-state index in [1.807, 2.05) is 5.38 Å². The zero-order chi connectivity index (χ0) is 12.4. The van der Waals surface area contributed by atoms with Gasteiger partial charge in [-0.1, -0.05) is 0 Å². The lowest BCUT2D eigenvalue weighted by Gasteiger charge is -1.97. The molecule has 0 amide bonds. The van der Waals surface area contributed by atoms with Crippen LogP contribution in [0, 0.1) is 13.8 Å². The first-order valence-electron chi connectivity index (χ1n) is 5.23. The highest BCUT2D eigenvalue weighted by Gasteiger charge is 2.18. The number of ketones is 2. The fourth-order valence-corrected chi connectivity index (χ4v) is 2.33. The van der Waals surface area contributed by atoms with Crippen molar-refractivity contribution in [2.24, 2.45) is 0 Å². The largest absolute Gasteiger partial charge is 0.466 e. The van der Waals surface area contributed by atoms with Gasteiger partial charge in [-0.3, -0.25) is 9.59 Å². The molecule has 0 N–H and O–H groups in total. The Bertz CT molecular complexity index is 549. The van der Waals surface area contributed by atoms with Gasteiger partial charge in [-0.2, -0.15) is 11.3 Å². The summed E-state index contributed by atoms with van der Waals surface area (Å²) in [6.45, 7) is 3.51. The molecular weight excluding hydrogens is 236 g/mol. The Balaban J connectivity index is 2.12. The summed E-state index contributed by atoms with van der Waals surface area (Å²) in [7, 11) is 0. The second-order valence-electron chi connectivity index (χ2n) is 3.86. The number of hydrogen-bond acceptors (Lipinski definition) is 4. The summed E-state index contributed by atoms with van der Waals surface area (Å²) >= 11 is 1.45. The van der Waals surface area contributed by atoms with Crippen LogP contribution < -0.4 is 0 Å². The quantitative estimate of drug-likeness (QED) is 0.615. The van der Waals surface area contributed by atoms with Crippen molar-refractivity contribution < 1.29 is 14.0 Å². The van der Waals surface area contributed by atoms with Crippen LogP contribution in [0.25, 0.3) is 0 Å². The number of Topliss-reactive ketones (excluding diaryl/α,β-unsaturated/α-hetero) is 2. The third kappa shape index (κ3) is 2.53. The minimum atomic E-state index is -0.185. The van der Waals surface area contributed by atoms with Gasteiger partial charge >= 0.3 is 0 Å². The van der Waals surface area contributed by atoms with Crippen LogP contribution in [0.2, 0.25) is 0 Å². The second-order valence-corrected chi connectivity index (χ2v) is 4.64. The summed E-state index contributed by atoms with van der Waals surface area (Å²) in [4.78, 5) is 23.7. The SMILES string of the molecule is Cc1cc(C(=O)CC(=O)c2ccsc2)c(C)o1. The van der Waals surface area contributed by atoms with E-state index in [9.17, 15) is 9.59 Å².